The summed E-state index contributed by atoms with van der Waals surface area (Å²) >= 11 is 3.15. The van der Waals surface area contributed by atoms with E-state index in [0.29, 0.717) is 23.2 Å². The SMILES string of the molecule is O=C(NC1COC1)c1ccc([N+](=O)[O-])cc1Br. The van der Waals surface area contributed by atoms with Crippen LogP contribution in [-0.4, -0.2) is 30.1 Å². The van der Waals surface area contributed by atoms with Crippen LogP contribution in [0.1, 0.15) is 10.4 Å². The monoisotopic (exact) mass is 300 g/mol. The molecule has 90 valence electrons. The lowest BCUT2D eigenvalue weighted by atomic mass is 10.1. The standard InChI is InChI=1S/C10H9BrN2O4/c11-9-3-7(13(15)16)1-2-8(9)10(14)12-6-4-17-5-6/h1-3,6H,4-5H2,(H,12,14). The summed E-state index contributed by atoms with van der Waals surface area (Å²) in [4.78, 5) is 21.8. The van der Waals surface area contributed by atoms with Crippen molar-refractivity contribution in [3.8, 4) is 0 Å². The van der Waals surface area contributed by atoms with Gasteiger partial charge >= 0.3 is 0 Å². The van der Waals surface area contributed by atoms with Crippen LogP contribution in [0.25, 0.3) is 0 Å². The summed E-state index contributed by atoms with van der Waals surface area (Å²) in [6.45, 7) is 1.02. The Hall–Kier alpha value is -1.47. The molecule has 1 amide bonds. The fraction of sp³-hybridized carbons (Fsp3) is 0.300. The van der Waals surface area contributed by atoms with Gasteiger partial charge in [-0.05, 0) is 22.0 Å². The van der Waals surface area contributed by atoms with Crippen LogP contribution in [-0.2, 0) is 4.74 Å². The summed E-state index contributed by atoms with van der Waals surface area (Å²) in [5.41, 5.74) is 0.322. The number of nitrogens with one attached hydrogen (secondary N) is 1. The molecule has 1 aromatic carbocycles. The minimum atomic E-state index is -0.508. The number of carbonyl (C=O) groups is 1. The van der Waals surface area contributed by atoms with Gasteiger partial charge in [0, 0.05) is 16.6 Å². The second kappa shape index (κ2) is 4.80. The van der Waals surface area contributed by atoms with Crippen LogP contribution in [0.5, 0.6) is 0 Å². The number of carbonyl (C=O) groups excluding carboxylic acids is 1. The smallest absolute Gasteiger partial charge is 0.270 e. The average Bonchev–Trinajstić information content (AvgIpc) is 2.22. The molecular formula is C10H9BrN2O4. The largest absolute Gasteiger partial charge is 0.377 e. The Bertz CT molecular complexity index is 473. The van der Waals surface area contributed by atoms with E-state index < -0.39 is 4.92 Å². The summed E-state index contributed by atoms with van der Waals surface area (Å²) in [6.07, 6.45) is 0. The van der Waals surface area contributed by atoms with Gasteiger partial charge in [-0.25, -0.2) is 0 Å². The van der Waals surface area contributed by atoms with Crippen molar-refractivity contribution in [2.24, 2.45) is 0 Å². The molecule has 0 radical (unpaired) electrons. The molecule has 1 fully saturated rings. The molecule has 0 unspecified atom stereocenters. The molecule has 0 bridgehead atoms. The summed E-state index contributed by atoms with van der Waals surface area (Å²) in [7, 11) is 0. The van der Waals surface area contributed by atoms with Gasteiger partial charge in [0.05, 0.1) is 29.7 Å². The number of amides is 1. The van der Waals surface area contributed by atoms with Crippen LogP contribution in [0.15, 0.2) is 22.7 Å². The molecule has 1 aliphatic heterocycles. The first-order valence-electron chi connectivity index (χ1n) is 4.90. The summed E-state index contributed by atoms with van der Waals surface area (Å²) in [6, 6.07) is 4.07. The Morgan fingerprint density at radius 2 is 2.24 bits per heavy atom. The van der Waals surface area contributed by atoms with Gasteiger partial charge in [-0.2, -0.15) is 0 Å². The number of hydrogen-bond acceptors (Lipinski definition) is 4. The molecule has 0 aromatic heterocycles. The van der Waals surface area contributed by atoms with Crippen molar-refractivity contribution < 1.29 is 14.5 Å². The molecule has 1 heterocycles. The van der Waals surface area contributed by atoms with Crippen molar-refractivity contribution in [2.45, 2.75) is 6.04 Å². The second-order valence-electron chi connectivity index (χ2n) is 3.63. The molecular weight excluding hydrogens is 292 g/mol. The Morgan fingerprint density at radius 3 is 2.71 bits per heavy atom. The van der Waals surface area contributed by atoms with E-state index in [-0.39, 0.29) is 17.6 Å². The predicted molar refractivity (Wildman–Crippen MR) is 62.9 cm³/mol. The van der Waals surface area contributed by atoms with Crippen LogP contribution in [0.2, 0.25) is 0 Å². The summed E-state index contributed by atoms with van der Waals surface area (Å²) in [5.74, 6) is -0.264. The highest BCUT2D eigenvalue weighted by atomic mass is 79.9. The maximum absolute atomic E-state index is 11.8. The van der Waals surface area contributed by atoms with Crippen LogP contribution < -0.4 is 5.32 Å². The summed E-state index contributed by atoms with van der Waals surface area (Å²) < 4.78 is 5.34. The zero-order valence-electron chi connectivity index (χ0n) is 8.68. The molecule has 1 aliphatic rings. The number of non-ortho nitro benzene ring substituents is 1. The van der Waals surface area contributed by atoms with Crippen LogP contribution in [0, 0.1) is 10.1 Å². The molecule has 0 spiro atoms. The van der Waals surface area contributed by atoms with Crippen LogP contribution >= 0.6 is 15.9 Å². The fourth-order valence-electron chi connectivity index (χ4n) is 1.38. The highest BCUT2D eigenvalue weighted by Gasteiger charge is 2.22. The number of nitro benzene ring substituents is 1. The first kappa shape index (κ1) is 12.0. The van der Waals surface area contributed by atoms with Crippen molar-refractivity contribution in [1.82, 2.24) is 5.32 Å². The van der Waals surface area contributed by atoms with Gasteiger partial charge in [0.25, 0.3) is 11.6 Å². The average molecular weight is 301 g/mol. The normalized spacial score (nSPS) is 15.1. The lowest BCUT2D eigenvalue weighted by Crippen LogP contribution is -2.48. The van der Waals surface area contributed by atoms with E-state index in [1.807, 2.05) is 0 Å². The Balaban J connectivity index is 2.14. The fourth-order valence-corrected chi connectivity index (χ4v) is 1.93. The lowest BCUT2D eigenvalue weighted by molar-refractivity contribution is -0.384. The molecule has 1 aromatic rings. The van der Waals surface area contributed by atoms with Gasteiger partial charge in [-0.3, -0.25) is 14.9 Å². The van der Waals surface area contributed by atoms with Crippen molar-refractivity contribution in [3.63, 3.8) is 0 Å². The molecule has 0 atom stereocenters. The van der Waals surface area contributed by atoms with Gasteiger partial charge in [-0.15, -0.1) is 0 Å². The Morgan fingerprint density at radius 1 is 1.53 bits per heavy atom. The van der Waals surface area contributed by atoms with E-state index in [2.05, 4.69) is 21.2 Å². The first-order valence-corrected chi connectivity index (χ1v) is 5.70. The van der Waals surface area contributed by atoms with Gasteiger partial charge in [-0.1, -0.05) is 0 Å². The molecule has 1 saturated heterocycles. The molecule has 6 nitrogen and oxygen atoms in total. The molecule has 0 saturated carbocycles. The number of ether oxygens (including phenoxy) is 1. The van der Waals surface area contributed by atoms with Crippen molar-refractivity contribution in [3.05, 3.63) is 38.3 Å². The quantitative estimate of drug-likeness (QED) is 0.677. The number of benzene rings is 1. The van der Waals surface area contributed by atoms with Crippen molar-refractivity contribution in [2.75, 3.05) is 13.2 Å². The lowest BCUT2D eigenvalue weighted by Gasteiger charge is -2.26. The van der Waals surface area contributed by atoms with Crippen molar-refractivity contribution in [1.29, 1.82) is 0 Å². The highest BCUT2D eigenvalue weighted by molar-refractivity contribution is 9.10. The molecule has 1 N–H and O–H groups in total. The van der Waals surface area contributed by atoms with Crippen LogP contribution in [0.3, 0.4) is 0 Å². The number of rotatable bonds is 3. The zero-order valence-corrected chi connectivity index (χ0v) is 10.3. The van der Waals surface area contributed by atoms with Gasteiger partial charge in [0.15, 0.2) is 0 Å². The minimum Gasteiger partial charge on any atom is -0.377 e. The number of nitro groups is 1. The molecule has 2 rings (SSSR count). The van der Waals surface area contributed by atoms with Gasteiger partial charge in [0.1, 0.15) is 0 Å². The van der Waals surface area contributed by atoms with E-state index in [0.717, 1.165) is 0 Å². The third kappa shape index (κ3) is 2.62. The van der Waals surface area contributed by atoms with Gasteiger partial charge < -0.3 is 10.1 Å². The number of hydrogen-bond donors (Lipinski definition) is 1. The van der Waals surface area contributed by atoms with Crippen molar-refractivity contribution >= 4 is 27.5 Å². The van der Waals surface area contributed by atoms with E-state index in [4.69, 9.17) is 4.74 Å². The predicted octanol–water partition coefficient (Wildman–Crippen LogP) is 1.49. The number of nitrogens with zero attached hydrogens (tertiary/aromatic N) is 1. The van der Waals surface area contributed by atoms with Crippen LogP contribution in [0.4, 0.5) is 5.69 Å². The van der Waals surface area contributed by atoms with E-state index in [1.165, 1.54) is 18.2 Å². The van der Waals surface area contributed by atoms with E-state index >= 15 is 0 Å². The molecule has 0 aliphatic carbocycles. The topological polar surface area (TPSA) is 81.5 Å². The second-order valence-corrected chi connectivity index (χ2v) is 4.48. The van der Waals surface area contributed by atoms with Gasteiger partial charge in [0.2, 0.25) is 0 Å². The minimum absolute atomic E-state index is 0.0320. The third-order valence-electron chi connectivity index (χ3n) is 2.38. The van der Waals surface area contributed by atoms with E-state index in [1.54, 1.807) is 0 Å². The zero-order chi connectivity index (χ0) is 12.4. The summed E-state index contributed by atoms with van der Waals surface area (Å²) in [5, 5.41) is 13.3. The first-order chi connectivity index (χ1) is 8.08. The maximum atomic E-state index is 11.8. The Kier molecular flexibility index (Phi) is 3.39. The molecule has 7 heteroatoms. The molecule has 17 heavy (non-hydrogen) atoms. The Labute approximate surface area is 105 Å². The highest BCUT2D eigenvalue weighted by Crippen LogP contribution is 2.23. The number of halogens is 1. The maximum Gasteiger partial charge on any atom is 0.270 e. The van der Waals surface area contributed by atoms with E-state index in [9.17, 15) is 14.9 Å². The third-order valence-corrected chi connectivity index (χ3v) is 3.04.